The first-order chi connectivity index (χ1) is 12.1. The molecular weight excluding hydrogens is 354 g/mol. The predicted molar refractivity (Wildman–Crippen MR) is 108 cm³/mol. The van der Waals surface area contributed by atoms with Gasteiger partial charge in [-0.25, -0.2) is 0 Å². The van der Waals surface area contributed by atoms with Crippen LogP contribution < -0.4 is 20.9 Å². The minimum atomic E-state index is -0.138. The maximum Gasteiger partial charge on any atom is 0.248 e. The molecule has 2 aromatic carbocycles. The summed E-state index contributed by atoms with van der Waals surface area (Å²) in [5.41, 5.74) is 8.30. The number of nitrogens with one attached hydrogen (secondary N) is 3. The van der Waals surface area contributed by atoms with Gasteiger partial charge >= 0.3 is 0 Å². The number of ether oxygens (including phenoxy) is 1. The van der Waals surface area contributed by atoms with Crippen molar-refractivity contribution in [3.05, 3.63) is 59.7 Å². The second-order valence-electron chi connectivity index (χ2n) is 5.31. The highest BCUT2D eigenvalue weighted by molar-refractivity contribution is 7.99. The van der Waals surface area contributed by atoms with Gasteiger partial charge in [0.1, 0.15) is 5.75 Å². The highest BCUT2D eigenvalue weighted by Gasteiger charge is 2.07. The number of carbonyl (C=O) groups excluding carboxylic acids is 1. The van der Waals surface area contributed by atoms with Gasteiger partial charge in [-0.3, -0.25) is 15.6 Å². The summed E-state index contributed by atoms with van der Waals surface area (Å²) in [7, 11) is 1.60. The highest BCUT2D eigenvalue weighted by Crippen LogP contribution is 2.24. The molecule has 0 aromatic heterocycles. The molecule has 5 nitrogen and oxygen atoms in total. The molecule has 3 N–H and O–H groups in total. The zero-order chi connectivity index (χ0) is 18.1. The molecule has 0 radical (unpaired) electrons. The molecule has 132 valence electrons. The van der Waals surface area contributed by atoms with E-state index in [1.165, 1.54) is 5.56 Å². The molecule has 0 saturated carbocycles. The Morgan fingerprint density at radius 3 is 2.64 bits per heavy atom. The number of hydrogen-bond acceptors (Lipinski definition) is 4. The van der Waals surface area contributed by atoms with Crippen molar-refractivity contribution < 1.29 is 9.53 Å². The molecule has 0 aliphatic rings. The summed E-state index contributed by atoms with van der Waals surface area (Å²) in [6.45, 7) is 1.98. The normalized spacial score (nSPS) is 10.0. The summed E-state index contributed by atoms with van der Waals surface area (Å²) >= 11 is 6.74. The van der Waals surface area contributed by atoms with Gasteiger partial charge in [-0.15, -0.1) is 11.8 Å². The van der Waals surface area contributed by atoms with Crippen LogP contribution in [0.2, 0.25) is 0 Å². The molecule has 0 saturated heterocycles. The van der Waals surface area contributed by atoms with Gasteiger partial charge in [0.2, 0.25) is 5.91 Å². The van der Waals surface area contributed by atoms with E-state index in [4.69, 9.17) is 17.0 Å². The molecule has 0 spiro atoms. The van der Waals surface area contributed by atoms with Crippen molar-refractivity contribution in [3.63, 3.8) is 0 Å². The quantitative estimate of drug-likeness (QED) is 0.532. The number of anilines is 1. The van der Waals surface area contributed by atoms with Crippen LogP contribution in [0.3, 0.4) is 0 Å². The largest absolute Gasteiger partial charge is 0.495 e. The zero-order valence-corrected chi connectivity index (χ0v) is 15.8. The molecule has 1 amide bonds. The van der Waals surface area contributed by atoms with Crippen LogP contribution in [0.15, 0.2) is 48.5 Å². The third kappa shape index (κ3) is 6.64. The van der Waals surface area contributed by atoms with Gasteiger partial charge in [-0.05, 0) is 42.4 Å². The summed E-state index contributed by atoms with van der Waals surface area (Å²) in [6.07, 6.45) is 0. The van der Waals surface area contributed by atoms with E-state index >= 15 is 0 Å². The Hall–Kier alpha value is -2.25. The van der Waals surface area contributed by atoms with Crippen LogP contribution in [-0.2, 0) is 10.5 Å². The van der Waals surface area contributed by atoms with Gasteiger partial charge in [-0.2, -0.15) is 0 Å². The van der Waals surface area contributed by atoms with Crippen molar-refractivity contribution in [1.29, 1.82) is 0 Å². The Kier molecular flexibility index (Phi) is 7.56. The van der Waals surface area contributed by atoms with E-state index < -0.39 is 0 Å². The number of thioether (sulfide) groups is 1. The van der Waals surface area contributed by atoms with Gasteiger partial charge in [0.05, 0.1) is 18.6 Å². The second-order valence-corrected chi connectivity index (χ2v) is 6.70. The SMILES string of the molecule is COc1ccc(C)cc1NC(=S)NNC(=O)CSCc1ccccc1. The van der Waals surface area contributed by atoms with E-state index in [1.54, 1.807) is 18.9 Å². The predicted octanol–water partition coefficient (Wildman–Crippen LogP) is 3.25. The molecular formula is C18H21N3O2S2. The van der Waals surface area contributed by atoms with E-state index in [0.717, 1.165) is 17.0 Å². The number of thiocarbonyl (C=S) groups is 1. The number of hydrazine groups is 1. The van der Waals surface area contributed by atoms with E-state index in [0.29, 0.717) is 16.6 Å². The van der Waals surface area contributed by atoms with Crippen LogP contribution in [0.25, 0.3) is 0 Å². The van der Waals surface area contributed by atoms with Crippen LogP contribution in [0.4, 0.5) is 5.69 Å². The summed E-state index contributed by atoms with van der Waals surface area (Å²) in [5, 5.41) is 3.31. The first-order valence-corrected chi connectivity index (χ1v) is 9.27. The van der Waals surface area contributed by atoms with Crippen molar-refractivity contribution in [2.24, 2.45) is 0 Å². The minimum absolute atomic E-state index is 0.138. The van der Waals surface area contributed by atoms with Gasteiger partial charge in [0, 0.05) is 5.75 Å². The maximum absolute atomic E-state index is 11.9. The van der Waals surface area contributed by atoms with Crippen LogP contribution >= 0.6 is 24.0 Å². The van der Waals surface area contributed by atoms with Crippen molar-refractivity contribution >= 4 is 40.7 Å². The molecule has 2 rings (SSSR count). The fourth-order valence-corrected chi connectivity index (χ4v) is 3.02. The van der Waals surface area contributed by atoms with Crippen LogP contribution in [-0.4, -0.2) is 23.9 Å². The van der Waals surface area contributed by atoms with Crippen LogP contribution in [0.5, 0.6) is 5.75 Å². The van der Waals surface area contributed by atoms with Crippen LogP contribution in [0.1, 0.15) is 11.1 Å². The molecule has 0 heterocycles. The van der Waals surface area contributed by atoms with Gasteiger partial charge < -0.3 is 10.1 Å². The monoisotopic (exact) mass is 375 g/mol. The van der Waals surface area contributed by atoms with Crippen molar-refractivity contribution in [2.45, 2.75) is 12.7 Å². The fourth-order valence-electron chi connectivity index (χ4n) is 2.07. The summed E-state index contributed by atoms with van der Waals surface area (Å²) < 4.78 is 5.28. The molecule has 0 atom stereocenters. The first kappa shape index (κ1) is 19.1. The van der Waals surface area contributed by atoms with Crippen LogP contribution in [0, 0.1) is 6.92 Å². The molecule has 0 aliphatic heterocycles. The van der Waals surface area contributed by atoms with E-state index in [-0.39, 0.29) is 5.91 Å². The third-order valence-electron chi connectivity index (χ3n) is 3.26. The molecule has 25 heavy (non-hydrogen) atoms. The Balaban J connectivity index is 1.72. The van der Waals surface area contributed by atoms with Crippen molar-refractivity contribution in [2.75, 3.05) is 18.2 Å². The molecule has 0 aliphatic carbocycles. The summed E-state index contributed by atoms with van der Waals surface area (Å²) in [5.74, 6) is 1.68. The lowest BCUT2D eigenvalue weighted by atomic mass is 10.2. The number of carbonyl (C=O) groups is 1. The second kappa shape index (κ2) is 9.90. The lowest BCUT2D eigenvalue weighted by Crippen LogP contribution is -2.44. The number of methoxy groups -OCH3 is 1. The van der Waals surface area contributed by atoms with Crippen molar-refractivity contribution in [1.82, 2.24) is 10.9 Å². The molecule has 7 heteroatoms. The molecule has 0 unspecified atom stereocenters. The number of rotatable bonds is 6. The number of amides is 1. The zero-order valence-electron chi connectivity index (χ0n) is 14.2. The van der Waals surface area contributed by atoms with Gasteiger partial charge in [0.25, 0.3) is 0 Å². The summed E-state index contributed by atoms with van der Waals surface area (Å²) in [4.78, 5) is 11.9. The Labute approximate surface area is 157 Å². The van der Waals surface area contributed by atoms with Gasteiger partial charge in [-0.1, -0.05) is 36.4 Å². The first-order valence-electron chi connectivity index (χ1n) is 7.70. The van der Waals surface area contributed by atoms with E-state index in [9.17, 15) is 4.79 Å². The smallest absolute Gasteiger partial charge is 0.248 e. The molecule has 0 bridgehead atoms. The standard InChI is InChI=1S/C18H21N3O2S2/c1-13-8-9-16(23-2)15(10-13)19-18(24)21-20-17(22)12-25-11-14-6-4-3-5-7-14/h3-10H,11-12H2,1-2H3,(H,20,22)(H2,19,21,24). The number of aryl methyl sites for hydroxylation is 1. The average molecular weight is 376 g/mol. The molecule has 0 fully saturated rings. The van der Waals surface area contributed by atoms with Gasteiger partial charge in [0.15, 0.2) is 5.11 Å². The van der Waals surface area contributed by atoms with E-state index in [1.807, 2.05) is 55.5 Å². The van der Waals surface area contributed by atoms with E-state index in [2.05, 4.69) is 16.2 Å². The fraction of sp³-hybridized carbons (Fsp3) is 0.222. The minimum Gasteiger partial charge on any atom is -0.495 e. The lowest BCUT2D eigenvalue weighted by molar-refractivity contribution is -0.119. The Morgan fingerprint density at radius 1 is 1.16 bits per heavy atom. The molecule has 2 aromatic rings. The lowest BCUT2D eigenvalue weighted by Gasteiger charge is -2.14. The highest BCUT2D eigenvalue weighted by atomic mass is 32.2. The summed E-state index contributed by atoms with van der Waals surface area (Å²) in [6, 6.07) is 15.8. The number of benzene rings is 2. The maximum atomic E-state index is 11.9. The van der Waals surface area contributed by atoms with Crippen molar-refractivity contribution in [3.8, 4) is 5.75 Å². The Morgan fingerprint density at radius 2 is 1.92 bits per heavy atom. The Bertz CT molecular complexity index is 724. The average Bonchev–Trinajstić information content (AvgIpc) is 2.61. The number of hydrogen-bond donors (Lipinski definition) is 3. The topological polar surface area (TPSA) is 62.4 Å². The third-order valence-corrected chi connectivity index (χ3v) is 4.47.